The second-order valence-electron chi connectivity index (χ2n) is 4.59. The van der Waals surface area contributed by atoms with Gasteiger partial charge in [0.1, 0.15) is 11.5 Å². The van der Waals surface area contributed by atoms with Crippen molar-refractivity contribution in [3.8, 4) is 0 Å². The first-order valence-electron chi connectivity index (χ1n) is 6.11. The summed E-state index contributed by atoms with van der Waals surface area (Å²) in [7, 11) is 2.11. The van der Waals surface area contributed by atoms with E-state index in [1.165, 1.54) is 6.42 Å². The molecule has 0 aliphatic rings. The fraction of sp³-hybridized carbons (Fsp3) is 0.692. The van der Waals surface area contributed by atoms with E-state index < -0.39 is 0 Å². The van der Waals surface area contributed by atoms with E-state index in [0.29, 0.717) is 6.04 Å². The number of hydrogen-bond donors (Lipinski definition) is 1. The van der Waals surface area contributed by atoms with E-state index in [1.807, 2.05) is 19.1 Å². The Morgan fingerprint density at radius 1 is 1.38 bits per heavy atom. The molecule has 0 saturated carbocycles. The van der Waals surface area contributed by atoms with Crippen LogP contribution < -0.4 is 5.73 Å². The van der Waals surface area contributed by atoms with Crippen LogP contribution >= 0.6 is 0 Å². The second kappa shape index (κ2) is 6.71. The molecule has 1 unspecified atom stereocenters. The Kier molecular flexibility index (Phi) is 5.56. The highest BCUT2D eigenvalue weighted by Gasteiger charge is 2.06. The maximum atomic E-state index is 5.98. The van der Waals surface area contributed by atoms with Gasteiger partial charge in [-0.05, 0) is 45.5 Å². The minimum atomic E-state index is 0.339. The van der Waals surface area contributed by atoms with Crippen molar-refractivity contribution in [1.82, 2.24) is 4.90 Å². The van der Waals surface area contributed by atoms with Crippen molar-refractivity contribution in [3.05, 3.63) is 23.7 Å². The molecule has 0 amide bonds. The molecule has 0 aliphatic heterocycles. The third-order valence-corrected chi connectivity index (χ3v) is 2.76. The van der Waals surface area contributed by atoms with Gasteiger partial charge in [0.2, 0.25) is 0 Å². The van der Waals surface area contributed by atoms with Crippen molar-refractivity contribution in [2.45, 2.75) is 45.7 Å². The largest absolute Gasteiger partial charge is 0.465 e. The summed E-state index contributed by atoms with van der Waals surface area (Å²) in [6, 6.07) is 4.38. The van der Waals surface area contributed by atoms with Gasteiger partial charge in [-0.3, -0.25) is 4.90 Å². The predicted octanol–water partition coefficient (Wildman–Crippen LogP) is 2.54. The lowest BCUT2D eigenvalue weighted by Gasteiger charge is -2.17. The number of nitrogens with two attached hydrogens (primary N) is 1. The molecule has 16 heavy (non-hydrogen) atoms. The maximum Gasteiger partial charge on any atom is 0.118 e. The van der Waals surface area contributed by atoms with Crippen LogP contribution in [-0.4, -0.2) is 24.5 Å². The normalized spacial score (nSPS) is 13.3. The molecule has 3 nitrogen and oxygen atoms in total. The van der Waals surface area contributed by atoms with Crippen LogP contribution in [0.2, 0.25) is 0 Å². The Morgan fingerprint density at radius 2 is 2.12 bits per heavy atom. The van der Waals surface area contributed by atoms with E-state index in [0.717, 1.165) is 37.5 Å². The second-order valence-corrected chi connectivity index (χ2v) is 4.59. The Hall–Kier alpha value is -0.800. The molecule has 0 radical (unpaired) electrons. The van der Waals surface area contributed by atoms with Crippen LogP contribution in [0.1, 0.15) is 37.7 Å². The van der Waals surface area contributed by atoms with Crippen molar-refractivity contribution in [2.75, 3.05) is 13.6 Å². The SMILES string of the molecule is CCCC(N)CCN(C)Cc1ccc(C)o1. The first kappa shape index (κ1) is 13.3. The molecule has 0 saturated heterocycles. The van der Waals surface area contributed by atoms with Gasteiger partial charge in [0.05, 0.1) is 6.54 Å². The van der Waals surface area contributed by atoms with Crippen LogP contribution in [0.4, 0.5) is 0 Å². The zero-order valence-corrected chi connectivity index (χ0v) is 10.7. The van der Waals surface area contributed by atoms with E-state index >= 15 is 0 Å². The van der Waals surface area contributed by atoms with Crippen LogP contribution in [0.3, 0.4) is 0 Å². The highest BCUT2D eigenvalue weighted by Crippen LogP contribution is 2.09. The average Bonchev–Trinajstić information content (AvgIpc) is 2.61. The van der Waals surface area contributed by atoms with Gasteiger partial charge in [0.15, 0.2) is 0 Å². The first-order valence-corrected chi connectivity index (χ1v) is 6.11. The number of nitrogens with zero attached hydrogens (tertiary/aromatic N) is 1. The molecule has 1 atom stereocenters. The van der Waals surface area contributed by atoms with Gasteiger partial charge < -0.3 is 10.2 Å². The maximum absolute atomic E-state index is 5.98. The number of aryl methyl sites for hydroxylation is 1. The van der Waals surface area contributed by atoms with Gasteiger partial charge in [-0.25, -0.2) is 0 Å². The third-order valence-electron chi connectivity index (χ3n) is 2.76. The summed E-state index contributed by atoms with van der Waals surface area (Å²) in [4.78, 5) is 2.26. The van der Waals surface area contributed by atoms with Gasteiger partial charge in [-0.2, -0.15) is 0 Å². The molecule has 92 valence electrons. The van der Waals surface area contributed by atoms with Crippen LogP contribution in [0.5, 0.6) is 0 Å². The summed E-state index contributed by atoms with van der Waals surface area (Å²) >= 11 is 0. The van der Waals surface area contributed by atoms with Gasteiger partial charge in [-0.1, -0.05) is 13.3 Å². The van der Waals surface area contributed by atoms with E-state index in [1.54, 1.807) is 0 Å². The zero-order valence-electron chi connectivity index (χ0n) is 10.7. The zero-order chi connectivity index (χ0) is 12.0. The van der Waals surface area contributed by atoms with Crippen LogP contribution in [0.15, 0.2) is 16.5 Å². The molecule has 2 N–H and O–H groups in total. The molecular weight excluding hydrogens is 200 g/mol. The van der Waals surface area contributed by atoms with Gasteiger partial charge in [0.25, 0.3) is 0 Å². The number of hydrogen-bond acceptors (Lipinski definition) is 3. The van der Waals surface area contributed by atoms with Crippen LogP contribution in [-0.2, 0) is 6.54 Å². The van der Waals surface area contributed by atoms with E-state index in [9.17, 15) is 0 Å². The Balaban J connectivity index is 2.23. The molecule has 0 aliphatic carbocycles. The average molecular weight is 224 g/mol. The summed E-state index contributed by atoms with van der Waals surface area (Å²) in [5.41, 5.74) is 5.98. The van der Waals surface area contributed by atoms with Gasteiger partial charge in [-0.15, -0.1) is 0 Å². The number of rotatable bonds is 7. The minimum absolute atomic E-state index is 0.339. The molecule has 0 fully saturated rings. The van der Waals surface area contributed by atoms with E-state index in [2.05, 4.69) is 18.9 Å². The summed E-state index contributed by atoms with van der Waals surface area (Å²) < 4.78 is 5.54. The molecule has 1 heterocycles. The lowest BCUT2D eigenvalue weighted by molar-refractivity contribution is 0.279. The standard InChI is InChI=1S/C13H24N2O/c1-4-5-12(14)8-9-15(3)10-13-7-6-11(2)16-13/h6-7,12H,4-5,8-10,14H2,1-3H3. The van der Waals surface area contributed by atoms with Crippen molar-refractivity contribution < 1.29 is 4.42 Å². The Bertz CT molecular complexity index is 296. The smallest absolute Gasteiger partial charge is 0.118 e. The van der Waals surface area contributed by atoms with Crippen molar-refractivity contribution in [2.24, 2.45) is 5.73 Å². The summed E-state index contributed by atoms with van der Waals surface area (Å²) in [5.74, 6) is 2.01. The summed E-state index contributed by atoms with van der Waals surface area (Å²) in [6.07, 6.45) is 3.35. The van der Waals surface area contributed by atoms with Crippen LogP contribution in [0.25, 0.3) is 0 Å². The Morgan fingerprint density at radius 3 is 2.69 bits per heavy atom. The predicted molar refractivity (Wildman–Crippen MR) is 67.3 cm³/mol. The van der Waals surface area contributed by atoms with Crippen molar-refractivity contribution in [3.63, 3.8) is 0 Å². The quantitative estimate of drug-likeness (QED) is 0.774. The topological polar surface area (TPSA) is 42.4 Å². The Labute approximate surface area is 98.6 Å². The monoisotopic (exact) mass is 224 g/mol. The lowest BCUT2D eigenvalue weighted by atomic mass is 10.1. The highest BCUT2D eigenvalue weighted by atomic mass is 16.3. The van der Waals surface area contributed by atoms with Crippen LogP contribution in [0, 0.1) is 6.92 Å². The molecule has 1 aromatic rings. The molecule has 1 aromatic heterocycles. The van der Waals surface area contributed by atoms with E-state index in [-0.39, 0.29) is 0 Å². The van der Waals surface area contributed by atoms with Crippen molar-refractivity contribution >= 4 is 0 Å². The molecule has 1 rings (SSSR count). The fourth-order valence-electron chi connectivity index (χ4n) is 1.82. The molecule has 0 spiro atoms. The minimum Gasteiger partial charge on any atom is -0.465 e. The third kappa shape index (κ3) is 4.81. The number of furan rings is 1. The summed E-state index contributed by atoms with van der Waals surface area (Å²) in [6.45, 7) is 6.05. The fourth-order valence-corrected chi connectivity index (χ4v) is 1.82. The lowest BCUT2D eigenvalue weighted by Crippen LogP contribution is -2.27. The van der Waals surface area contributed by atoms with Gasteiger partial charge in [0, 0.05) is 6.04 Å². The molecular formula is C13H24N2O. The van der Waals surface area contributed by atoms with E-state index in [4.69, 9.17) is 10.2 Å². The highest BCUT2D eigenvalue weighted by molar-refractivity contribution is 5.05. The first-order chi connectivity index (χ1) is 7.61. The molecule has 3 heteroatoms. The van der Waals surface area contributed by atoms with Gasteiger partial charge >= 0.3 is 0 Å². The summed E-state index contributed by atoms with van der Waals surface area (Å²) in [5, 5.41) is 0. The van der Waals surface area contributed by atoms with Crippen molar-refractivity contribution in [1.29, 1.82) is 0 Å². The molecule has 0 aromatic carbocycles. The molecule has 0 bridgehead atoms.